The molecule has 1 aliphatic rings. The highest BCUT2D eigenvalue weighted by molar-refractivity contribution is 7.89. The molecule has 2 N–H and O–H groups in total. The minimum atomic E-state index is -3.84. The molecule has 0 aliphatic carbocycles. The predicted molar refractivity (Wildman–Crippen MR) is 110 cm³/mol. The number of benzene rings is 2. The summed E-state index contributed by atoms with van der Waals surface area (Å²) in [5, 5.41) is 5.23. The lowest BCUT2D eigenvalue weighted by Gasteiger charge is -2.23. The van der Waals surface area contributed by atoms with Crippen molar-refractivity contribution in [3.05, 3.63) is 47.3 Å². The lowest BCUT2D eigenvalue weighted by atomic mass is 10.2. The van der Waals surface area contributed by atoms with Crippen LogP contribution in [0.3, 0.4) is 0 Å². The van der Waals surface area contributed by atoms with Crippen LogP contribution in [0.15, 0.2) is 52.4 Å². The van der Waals surface area contributed by atoms with Gasteiger partial charge in [0.15, 0.2) is 16.3 Å². The number of sulfonamides is 1. The molecule has 158 valence electrons. The van der Waals surface area contributed by atoms with Crippen LogP contribution in [0.1, 0.15) is 0 Å². The molecule has 0 bridgehead atoms. The van der Waals surface area contributed by atoms with Gasteiger partial charge in [-0.05, 0) is 30.3 Å². The summed E-state index contributed by atoms with van der Waals surface area (Å²) in [6.45, 7) is 0.876. The third-order valence-corrected chi connectivity index (χ3v) is 6.44. The fourth-order valence-corrected chi connectivity index (χ4v) is 4.74. The third-order valence-electron chi connectivity index (χ3n) is 4.49. The first-order valence-corrected chi connectivity index (χ1v) is 11.4. The number of para-hydroxylation sites is 2. The summed E-state index contributed by atoms with van der Waals surface area (Å²) < 4.78 is 42.3. The van der Waals surface area contributed by atoms with Gasteiger partial charge >= 0.3 is 0 Å². The highest BCUT2D eigenvalue weighted by Crippen LogP contribution is 2.31. The average molecular weight is 450 g/mol. The molecule has 0 saturated heterocycles. The van der Waals surface area contributed by atoms with Crippen LogP contribution in [-0.2, 0) is 26.1 Å². The Hall–Kier alpha value is -2.73. The molecule has 0 fully saturated rings. The Bertz CT molecular complexity index is 1280. The van der Waals surface area contributed by atoms with E-state index in [0.29, 0.717) is 34.2 Å². The smallest absolute Gasteiger partial charge is 0.292 e. The van der Waals surface area contributed by atoms with Gasteiger partial charge in [-0.15, -0.1) is 0 Å². The second kappa shape index (κ2) is 8.19. The van der Waals surface area contributed by atoms with Crippen LogP contribution < -0.4 is 19.4 Å². The van der Waals surface area contributed by atoms with Crippen molar-refractivity contribution in [3.8, 4) is 11.5 Å². The molecule has 2 aromatic carbocycles. The van der Waals surface area contributed by atoms with Gasteiger partial charge in [-0.3, -0.25) is 4.79 Å². The highest BCUT2D eigenvalue weighted by atomic mass is 32.2. The summed E-state index contributed by atoms with van der Waals surface area (Å²) in [5.41, 5.74) is 0.724. The normalized spacial score (nSPS) is 16.7. The number of hydrogen-bond donors (Lipinski definition) is 1. The molecular weight excluding hydrogens is 430 g/mol. The van der Waals surface area contributed by atoms with Crippen LogP contribution in [0.25, 0.3) is 10.2 Å². The molecule has 1 aliphatic heterocycles. The van der Waals surface area contributed by atoms with Crippen molar-refractivity contribution in [2.45, 2.75) is 17.5 Å². The SMILES string of the molecule is COCCn1c(=NC(=O)C2COc3ccccc3O2)sc2cc(S(N)(=O)=O)ccc21. The number of nitrogens with two attached hydrogens (primary N) is 1. The van der Waals surface area contributed by atoms with Crippen LogP contribution in [0.5, 0.6) is 11.5 Å². The Morgan fingerprint density at radius 3 is 2.80 bits per heavy atom. The zero-order valence-corrected chi connectivity index (χ0v) is 17.6. The molecule has 3 aromatic rings. The topological polar surface area (TPSA) is 122 Å². The molecule has 0 saturated carbocycles. The maximum absolute atomic E-state index is 12.8. The number of nitrogens with zero attached hydrogens (tertiary/aromatic N) is 2. The highest BCUT2D eigenvalue weighted by Gasteiger charge is 2.27. The zero-order chi connectivity index (χ0) is 21.3. The minimum Gasteiger partial charge on any atom is -0.485 e. The largest absolute Gasteiger partial charge is 0.485 e. The van der Waals surface area contributed by atoms with Gasteiger partial charge in [0.1, 0.15) is 6.61 Å². The Balaban J connectivity index is 1.73. The van der Waals surface area contributed by atoms with Gasteiger partial charge in [0.25, 0.3) is 5.91 Å². The van der Waals surface area contributed by atoms with Gasteiger partial charge in [-0.25, -0.2) is 13.6 Å². The Labute approximate surface area is 176 Å². The van der Waals surface area contributed by atoms with Gasteiger partial charge in [-0.1, -0.05) is 23.5 Å². The molecule has 1 amide bonds. The van der Waals surface area contributed by atoms with Gasteiger partial charge < -0.3 is 18.8 Å². The Morgan fingerprint density at radius 2 is 2.07 bits per heavy atom. The number of ether oxygens (including phenoxy) is 3. The number of fused-ring (bicyclic) bond motifs is 2. The number of hydrogen-bond acceptors (Lipinski definition) is 7. The lowest BCUT2D eigenvalue weighted by molar-refractivity contribution is -0.127. The van der Waals surface area contributed by atoms with Gasteiger partial charge in [0.05, 0.1) is 21.7 Å². The molecule has 2 heterocycles. The van der Waals surface area contributed by atoms with Crippen molar-refractivity contribution in [2.75, 3.05) is 20.3 Å². The molecule has 4 rings (SSSR count). The fourth-order valence-electron chi connectivity index (χ4n) is 3.02. The first-order chi connectivity index (χ1) is 14.4. The van der Waals surface area contributed by atoms with E-state index in [1.54, 1.807) is 35.9 Å². The van der Waals surface area contributed by atoms with Crippen molar-refractivity contribution in [3.63, 3.8) is 0 Å². The van der Waals surface area contributed by atoms with Gasteiger partial charge in [-0.2, -0.15) is 4.99 Å². The van der Waals surface area contributed by atoms with Crippen LogP contribution in [0.4, 0.5) is 0 Å². The van der Waals surface area contributed by atoms with Crippen molar-refractivity contribution in [2.24, 2.45) is 10.1 Å². The van der Waals surface area contributed by atoms with Gasteiger partial charge in [0, 0.05) is 13.7 Å². The number of carbonyl (C=O) groups excluding carboxylic acids is 1. The molecule has 0 spiro atoms. The summed E-state index contributed by atoms with van der Waals surface area (Å²) in [6.07, 6.45) is -0.874. The number of rotatable bonds is 5. The van der Waals surface area contributed by atoms with Crippen LogP contribution in [0.2, 0.25) is 0 Å². The summed E-state index contributed by atoms with van der Waals surface area (Å²) in [7, 11) is -2.27. The van der Waals surface area contributed by atoms with Gasteiger partial charge in [0.2, 0.25) is 16.1 Å². The number of carbonyl (C=O) groups is 1. The van der Waals surface area contributed by atoms with E-state index in [1.807, 2.05) is 6.07 Å². The van der Waals surface area contributed by atoms with Crippen LogP contribution in [-0.4, -0.2) is 45.3 Å². The third kappa shape index (κ3) is 4.10. The lowest BCUT2D eigenvalue weighted by Crippen LogP contribution is -2.37. The van der Waals surface area contributed by atoms with E-state index < -0.39 is 22.0 Å². The molecule has 1 unspecified atom stereocenters. The van der Waals surface area contributed by atoms with E-state index in [9.17, 15) is 13.2 Å². The average Bonchev–Trinajstić information content (AvgIpc) is 3.07. The zero-order valence-electron chi connectivity index (χ0n) is 16.0. The quantitative estimate of drug-likeness (QED) is 0.626. The van der Waals surface area contributed by atoms with Crippen LogP contribution >= 0.6 is 11.3 Å². The monoisotopic (exact) mass is 449 g/mol. The molecular formula is C19H19N3O6S2. The maximum atomic E-state index is 12.8. The van der Waals surface area contributed by atoms with Crippen molar-refractivity contribution in [1.29, 1.82) is 0 Å². The first kappa shape index (κ1) is 20.5. The summed E-state index contributed by atoms with van der Waals surface area (Å²) in [6, 6.07) is 11.6. The molecule has 1 aromatic heterocycles. The van der Waals surface area contributed by atoms with Crippen molar-refractivity contribution in [1.82, 2.24) is 4.57 Å². The Kier molecular flexibility index (Phi) is 5.60. The van der Waals surface area contributed by atoms with E-state index in [2.05, 4.69) is 4.99 Å². The number of amides is 1. The summed E-state index contributed by atoms with van der Waals surface area (Å²) >= 11 is 1.19. The molecule has 30 heavy (non-hydrogen) atoms. The number of primary sulfonamides is 1. The number of thiazole rings is 1. The molecule has 1 atom stereocenters. The number of methoxy groups -OCH3 is 1. The second-order valence-electron chi connectivity index (χ2n) is 6.52. The minimum absolute atomic E-state index is 0.00589. The van der Waals surface area contributed by atoms with E-state index in [4.69, 9.17) is 19.3 Å². The van der Waals surface area contributed by atoms with E-state index in [-0.39, 0.29) is 11.5 Å². The van der Waals surface area contributed by atoms with Crippen LogP contribution in [0, 0.1) is 0 Å². The fraction of sp³-hybridized carbons (Fsp3) is 0.263. The van der Waals surface area contributed by atoms with Crippen molar-refractivity contribution >= 4 is 37.5 Å². The maximum Gasteiger partial charge on any atom is 0.292 e. The molecule has 11 heteroatoms. The van der Waals surface area contributed by atoms with E-state index in [1.165, 1.54) is 23.5 Å². The first-order valence-electron chi connectivity index (χ1n) is 8.99. The van der Waals surface area contributed by atoms with Crippen molar-refractivity contribution < 1.29 is 27.4 Å². The standard InChI is InChI=1S/C19H19N3O6S2/c1-26-9-8-22-13-7-6-12(30(20,24)25)10-17(13)29-19(22)21-18(23)16-11-27-14-4-2-3-5-15(14)28-16/h2-7,10,16H,8-9,11H2,1H3,(H2,20,24,25). The van der Waals surface area contributed by atoms with E-state index >= 15 is 0 Å². The molecule has 9 nitrogen and oxygen atoms in total. The second-order valence-corrected chi connectivity index (χ2v) is 9.09. The van der Waals surface area contributed by atoms with E-state index in [0.717, 1.165) is 5.52 Å². The molecule has 0 radical (unpaired) electrons. The summed E-state index contributed by atoms with van der Waals surface area (Å²) in [5.74, 6) is 0.571. The predicted octanol–water partition coefficient (Wildman–Crippen LogP) is 1.26. The number of aromatic nitrogens is 1. The Morgan fingerprint density at radius 1 is 1.30 bits per heavy atom. The summed E-state index contributed by atoms with van der Waals surface area (Å²) in [4.78, 5) is 17.4.